The number of aromatic nitrogens is 2. The standard InChI is InChI=1S/C19H21N3O3S2/c1-13(23)19-20-17-7-4-15(12-18(17)21-19)14-2-5-16(6-3-14)27(24,25)22-8-10-26-11-9-22/h2-7,12-13,23H,8-11H2,1H3,(H,20,21)/t13-/m0/s1. The van der Waals surface area contributed by atoms with Gasteiger partial charge in [0.05, 0.1) is 15.9 Å². The Morgan fingerprint density at radius 1 is 1.11 bits per heavy atom. The van der Waals surface area contributed by atoms with Crippen molar-refractivity contribution in [3.8, 4) is 11.1 Å². The number of nitrogens with one attached hydrogen (secondary N) is 1. The van der Waals surface area contributed by atoms with Crippen molar-refractivity contribution in [1.29, 1.82) is 0 Å². The van der Waals surface area contributed by atoms with E-state index >= 15 is 0 Å². The summed E-state index contributed by atoms with van der Waals surface area (Å²) in [4.78, 5) is 7.80. The highest BCUT2D eigenvalue weighted by Crippen LogP contribution is 2.27. The van der Waals surface area contributed by atoms with Crippen molar-refractivity contribution in [2.45, 2.75) is 17.9 Å². The van der Waals surface area contributed by atoms with Crippen molar-refractivity contribution in [3.63, 3.8) is 0 Å². The Labute approximate surface area is 162 Å². The largest absolute Gasteiger partial charge is 0.385 e. The lowest BCUT2D eigenvalue weighted by Crippen LogP contribution is -2.37. The van der Waals surface area contributed by atoms with Crippen LogP contribution >= 0.6 is 11.8 Å². The second-order valence-electron chi connectivity index (χ2n) is 6.57. The van der Waals surface area contributed by atoms with Gasteiger partial charge in [-0.2, -0.15) is 16.1 Å². The molecule has 2 aromatic carbocycles. The first kappa shape index (κ1) is 18.5. The second-order valence-corrected chi connectivity index (χ2v) is 9.73. The number of hydrogen-bond acceptors (Lipinski definition) is 5. The molecule has 142 valence electrons. The van der Waals surface area contributed by atoms with Gasteiger partial charge in [0, 0.05) is 24.6 Å². The number of fused-ring (bicyclic) bond motifs is 1. The number of H-pyrrole nitrogens is 1. The summed E-state index contributed by atoms with van der Waals surface area (Å²) in [5, 5.41) is 9.67. The quantitative estimate of drug-likeness (QED) is 0.699. The first-order chi connectivity index (χ1) is 12.9. The zero-order valence-electron chi connectivity index (χ0n) is 14.9. The van der Waals surface area contributed by atoms with Gasteiger partial charge in [-0.1, -0.05) is 18.2 Å². The Morgan fingerprint density at radius 3 is 2.44 bits per heavy atom. The number of thioether (sulfide) groups is 1. The Bertz CT molecular complexity index is 1050. The Balaban J connectivity index is 1.62. The molecule has 3 aromatic rings. The van der Waals surface area contributed by atoms with Crippen LogP contribution in [0, 0.1) is 0 Å². The molecular weight excluding hydrogens is 382 g/mol. The molecule has 1 saturated heterocycles. The van der Waals surface area contributed by atoms with Crippen LogP contribution in [0.2, 0.25) is 0 Å². The Hall–Kier alpha value is -1.87. The van der Waals surface area contributed by atoms with Gasteiger partial charge in [0.1, 0.15) is 11.9 Å². The van der Waals surface area contributed by atoms with Crippen LogP contribution in [0.15, 0.2) is 47.4 Å². The maximum absolute atomic E-state index is 12.8. The van der Waals surface area contributed by atoms with E-state index < -0.39 is 16.1 Å². The molecule has 1 fully saturated rings. The van der Waals surface area contributed by atoms with Crippen LogP contribution in [0.1, 0.15) is 18.9 Å². The molecule has 8 heteroatoms. The third kappa shape index (κ3) is 3.62. The lowest BCUT2D eigenvalue weighted by Gasteiger charge is -2.25. The number of aliphatic hydroxyl groups excluding tert-OH is 1. The van der Waals surface area contributed by atoms with E-state index in [-0.39, 0.29) is 0 Å². The number of rotatable bonds is 4. The highest BCUT2D eigenvalue weighted by atomic mass is 32.2. The summed E-state index contributed by atoms with van der Waals surface area (Å²) in [5.74, 6) is 2.22. The van der Waals surface area contributed by atoms with Crippen molar-refractivity contribution >= 4 is 32.8 Å². The molecule has 1 aliphatic rings. The van der Waals surface area contributed by atoms with Gasteiger partial charge in [-0.15, -0.1) is 0 Å². The van der Waals surface area contributed by atoms with Crippen molar-refractivity contribution in [2.75, 3.05) is 24.6 Å². The van der Waals surface area contributed by atoms with Crippen LogP contribution < -0.4 is 0 Å². The highest BCUT2D eigenvalue weighted by Gasteiger charge is 2.25. The number of hydrogen-bond donors (Lipinski definition) is 2. The van der Waals surface area contributed by atoms with E-state index in [0.717, 1.165) is 33.7 Å². The molecule has 27 heavy (non-hydrogen) atoms. The van der Waals surface area contributed by atoms with Gasteiger partial charge in [-0.25, -0.2) is 13.4 Å². The summed E-state index contributed by atoms with van der Waals surface area (Å²) in [7, 11) is -3.43. The fourth-order valence-corrected chi connectivity index (χ4v) is 5.74. The zero-order valence-corrected chi connectivity index (χ0v) is 16.6. The van der Waals surface area contributed by atoms with E-state index in [9.17, 15) is 13.5 Å². The predicted octanol–water partition coefficient (Wildman–Crippen LogP) is 3.02. The normalized spacial score (nSPS) is 17.3. The lowest BCUT2D eigenvalue weighted by atomic mass is 10.1. The molecule has 0 spiro atoms. The minimum atomic E-state index is -3.43. The molecular formula is C19H21N3O3S2. The molecule has 6 nitrogen and oxygen atoms in total. The van der Waals surface area contributed by atoms with E-state index in [1.807, 2.05) is 30.3 Å². The number of aromatic amines is 1. The molecule has 1 aliphatic heterocycles. The van der Waals surface area contributed by atoms with Gasteiger partial charge >= 0.3 is 0 Å². The topological polar surface area (TPSA) is 86.3 Å². The SMILES string of the molecule is C[C@H](O)c1nc2ccc(-c3ccc(S(=O)(=O)N4CCSCC4)cc3)cc2[nH]1. The molecule has 0 saturated carbocycles. The first-order valence-corrected chi connectivity index (χ1v) is 11.4. The molecule has 0 amide bonds. The van der Waals surface area contributed by atoms with Gasteiger partial charge in [-0.05, 0) is 42.3 Å². The van der Waals surface area contributed by atoms with Gasteiger partial charge in [0.15, 0.2) is 0 Å². The van der Waals surface area contributed by atoms with E-state index in [2.05, 4.69) is 9.97 Å². The van der Waals surface area contributed by atoms with E-state index in [4.69, 9.17) is 0 Å². The van der Waals surface area contributed by atoms with Gasteiger partial charge < -0.3 is 10.1 Å². The minimum absolute atomic E-state index is 0.331. The Morgan fingerprint density at radius 2 is 1.78 bits per heavy atom. The summed E-state index contributed by atoms with van der Waals surface area (Å²) in [6.07, 6.45) is -0.654. The number of nitrogens with zero attached hydrogens (tertiary/aromatic N) is 2. The summed E-state index contributed by atoms with van der Waals surface area (Å²) in [5.41, 5.74) is 3.52. The molecule has 0 aliphatic carbocycles. The average Bonchev–Trinajstić information content (AvgIpc) is 3.12. The van der Waals surface area contributed by atoms with Crippen molar-refractivity contribution < 1.29 is 13.5 Å². The third-order valence-electron chi connectivity index (χ3n) is 4.69. The first-order valence-electron chi connectivity index (χ1n) is 8.81. The molecule has 2 heterocycles. The summed E-state index contributed by atoms with van der Waals surface area (Å²) in [6, 6.07) is 12.8. The lowest BCUT2D eigenvalue weighted by molar-refractivity contribution is 0.190. The number of sulfonamides is 1. The number of imidazole rings is 1. The zero-order chi connectivity index (χ0) is 19.0. The van der Waals surface area contributed by atoms with E-state index in [1.165, 1.54) is 0 Å². The second kappa shape index (κ2) is 7.27. The number of aliphatic hydroxyl groups is 1. The molecule has 2 N–H and O–H groups in total. The Kier molecular flexibility index (Phi) is 4.98. The van der Waals surface area contributed by atoms with Crippen LogP contribution in [0.5, 0.6) is 0 Å². The highest BCUT2D eigenvalue weighted by molar-refractivity contribution is 7.99. The molecule has 0 unspecified atom stereocenters. The van der Waals surface area contributed by atoms with Gasteiger partial charge in [0.25, 0.3) is 0 Å². The summed E-state index contributed by atoms with van der Waals surface area (Å²) >= 11 is 1.78. The minimum Gasteiger partial charge on any atom is -0.385 e. The average molecular weight is 404 g/mol. The van der Waals surface area contributed by atoms with Crippen LogP contribution in [0.3, 0.4) is 0 Å². The van der Waals surface area contributed by atoms with Crippen molar-refractivity contribution in [2.24, 2.45) is 0 Å². The third-order valence-corrected chi connectivity index (χ3v) is 7.55. The van der Waals surface area contributed by atoms with Crippen LogP contribution in [0.25, 0.3) is 22.2 Å². The van der Waals surface area contributed by atoms with Gasteiger partial charge in [-0.3, -0.25) is 0 Å². The molecule has 4 rings (SSSR count). The molecule has 0 bridgehead atoms. The maximum Gasteiger partial charge on any atom is 0.243 e. The van der Waals surface area contributed by atoms with Crippen LogP contribution in [0.4, 0.5) is 0 Å². The summed E-state index contributed by atoms with van der Waals surface area (Å²) in [6.45, 7) is 2.80. The monoisotopic (exact) mass is 403 g/mol. The maximum atomic E-state index is 12.8. The van der Waals surface area contributed by atoms with Crippen molar-refractivity contribution in [1.82, 2.24) is 14.3 Å². The number of benzene rings is 2. The van der Waals surface area contributed by atoms with E-state index in [1.54, 1.807) is 35.1 Å². The van der Waals surface area contributed by atoms with E-state index in [0.29, 0.717) is 23.8 Å². The van der Waals surface area contributed by atoms with Crippen molar-refractivity contribution in [3.05, 3.63) is 48.3 Å². The van der Waals surface area contributed by atoms with Gasteiger partial charge in [0.2, 0.25) is 10.0 Å². The molecule has 0 radical (unpaired) electrons. The van der Waals surface area contributed by atoms with Crippen LogP contribution in [-0.4, -0.2) is 52.4 Å². The fourth-order valence-electron chi connectivity index (χ4n) is 3.16. The predicted molar refractivity (Wildman–Crippen MR) is 108 cm³/mol. The summed E-state index contributed by atoms with van der Waals surface area (Å²) < 4.78 is 27.1. The smallest absolute Gasteiger partial charge is 0.243 e. The van der Waals surface area contributed by atoms with Crippen LogP contribution in [-0.2, 0) is 10.0 Å². The molecule has 1 aromatic heterocycles. The molecule has 1 atom stereocenters. The fraction of sp³-hybridized carbons (Fsp3) is 0.316.